The van der Waals surface area contributed by atoms with Crippen molar-refractivity contribution in [3.8, 4) is 0 Å². The van der Waals surface area contributed by atoms with Gasteiger partial charge in [-0.05, 0) is 29.9 Å². The van der Waals surface area contributed by atoms with Crippen LogP contribution in [0, 0.1) is 0 Å². The first-order valence-corrected chi connectivity index (χ1v) is 8.70. The minimum atomic E-state index is 1.22. The zero-order chi connectivity index (χ0) is 12.9. The second kappa shape index (κ2) is 11.6. The number of thioether (sulfide) groups is 1. The summed E-state index contributed by atoms with van der Waals surface area (Å²) in [5.74, 6) is 2.63. The fourth-order valence-electron chi connectivity index (χ4n) is 2.10. The monoisotopic (exact) mass is 264 g/mol. The maximum atomic E-state index is 2.28. The van der Waals surface area contributed by atoms with Crippen molar-refractivity contribution >= 4 is 11.8 Å². The van der Waals surface area contributed by atoms with Crippen LogP contribution in [0.3, 0.4) is 0 Å². The largest absolute Gasteiger partial charge is 0.162 e. The molecule has 0 atom stereocenters. The summed E-state index contributed by atoms with van der Waals surface area (Å²) >= 11 is 2.12. The van der Waals surface area contributed by atoms with Gasteiger partial charge in [0.1, 0.15) is 0 Å². The first kappa shape index (κ1) is 15.6. The number of benzene rings is 1. The van der Waals surface area contributed by atoms with E-state index < -0.39 is 0 Å². The molecule has 0 aliphatic heterocycles. The highest BCUT2D eigenvalue weighted by Gasteiger charge is 1.94. The second-order valence-electron chi connectivity index (χ2n) is 4.97. The lowest BCUT2D eigenvalue weighted by Gasteiger charge is -2.03. The Balaban J connectivity index is 1.82. The molecule has 0 saturated heterocycles. The molecular formula is C17H28S. The highest BCUT2D eigenvalue weighted by Crippen LogP contribution is 2.12. The first-order chi connectivity index (χ1) is 8.93. The Labute approximate surface area is 118 Å². The maximum Gasteiger partial charge on any atom is -0.00270 e. The van der Waals surface area contributed by atoms with Gasteiger partial charge >= 0.3 is 0 Å². The van der Waals surface area contributed by atoms with Crippen LogP contribution in [0.4, 0.5) is 0 Å². The van der Waals surface area contributed by atoms with Crippen molar-refractivity contribution in [3.63, 3.8) is 0 Å². The van der Waals surface area contributed by atoms with Crippen molar-refractivity contribution in [2.75, 3.05) is 11.5 Å². The average molecular weight is 264 g/mol. The molecule has 1 aromatic rings. The molecule has 0 aliphatic rings. The predicted molar refractivity (Wildman–Crippen MR) is 85.5 cm³/mol. The molecule has 0 radical (unpaired) electrons. The van der Waals surface area contributed by atoms with Gasteiger partial charge in [-0.25, -0.2) is 0 Å². The summed E-state index contributed by atoms with van der Waals surface area (Å²) in [6.45, 7) is 2.28. The molecule has 0 fully saturated rings. The molecule has 1 aromatic carbocycles. The topological polar surface area (TPSA) is 0 Å². The molecule has 0 heterocycles. The van der Waals surface area contributed by atoms with Gasteiger partial charge in [0.05, 0.1) is 0 Å². The van der Waals surface area contributed by atoms with Crippen LogP contribution < -0.4 is 0 Å². The number of hydrogen-bond donors (Lipinski definition) is 0. The normalized spacial score (nSPS) is 10.7. The van der Waals surface area contributed by atoms with E-state index in [0.29, 0.717) is 0 Å². The first-order valence-electron chi connectivity index (χ1n) is 7.55. The van der Waals surface area contributed by atoms with Crippen LogP contribution in [-0.4, -0.2) is 11.5 Å². The zero-order valence-electron chi connectivity index (χ0n) is 11.9. The van der Waals surface area contributed by atoms with E-state index in [1.165, 1.54) is 68.4 Å². The summed E-state index contributed by atoms with van der Waals surface area (Å²) in [6.07, 6.45) is 11.2. The summed E-state index contributed by atoms with van der Waals surface area (Å²) in [6, 6.07) is 10.8. The maximum absolute atomic E-state index is 2.28. The summed E-state index contributed by atoms with van der Waals surface area (Å²) in [7, 11) is 0. The molecule has 0 bridgehead atoms. The third-order valence-corrected chi connectivity index (χ3v) is 4.34. The fraction of sp³-hybridized carbons (Fsp3) is 0.647. The lowest BCUT2D eigenvalue weighted by molar-refractivity contribution is 0.603. The van der Waals surface area contributed by atoms with Gasteiger partial charge < -0.3 is 0 Å². The zero-order valence-corrected chi connectivity index (χ0v) is 12.7. The number of hydrogen-bond acceptors (Lipinski definition) is 1. The molecule has 102 valence electrons. The van der Waals surface area contributed by atoms with E-state index in [0.717, 1.165) is 0 Å². The molecular weight excluding hydrogens is 236 g/mol. The van der Waals surface area contributed by atoms with Crippen molar-refractivity contribution in [1.29, 1.82) is 0 Å². The summed E-state index contributed by atoms with van der Waals surface area (Å²) in [4.78, 5) is 0. The van der Waals surface area contributed by atoms with E-state index in [9.17, 15) is 0 Å². The van der Waals surface area contributed by atoms with E-state index >= 15 is 0 Å². The van der Waals surface area contributed by atoms with Crippen molar-refractivity contribution in [2.24, 2.45) is 0 Å². The van der Waals surface area contributed by atoms with Crippen LogP contribution in [0.1, 0.15) is 57.4 Å². The van der Waals surface area contributed by atoms with Gasteiger partial charge in [0.15, 0.2) is 0 Å². The lowest BCUT2D eigenvalue weighted by Crippen LogP contribution is -1.90. The van der Waals surface area contributed by atoms with E-state index in [2.05, 4.69) is 49.0 Å². The molecule has 0 saturated carbocycles. The number of aryl methyl sites for hydroxylation is 1. The molecule has 0 N–H and O–H groups in total. The van der Waals surface area contributed by atoms with Crippen LogP contribution >= 0.6 is 11.8 Å². The Hall–Kier alpha value is -0.430. The van der Waals surface area contributed by atoms with Crippen molar-refractivity contribution in [2.45, 2.75) is 58.3 Å². The van der Waals surface area contributed by atoms with Gasteiger partial charge in [-0.2, -0.15) is 11.8 Å². The van der Waals surface area contributed by atoms with Gasteiger partial charge in [0.25, 0.3) is 0 Å². The van der Waals surface area contributed by atoms with E-state index in [1.807, 2.05) is 0 Å². The molecule has 0 amide bonds. The number of rotatable bonds is 11. The van der Waals surface area contributed by atoms with Gasteiger partial charge in [-0.3, -0.25) is 0 Å². The minimum absolute atomic E-state index is 1.22. The molecule has 0 spiro atoms. The Morgan fingerprint density at radius 3 is 2.17 bits per heavy atom. The van der Waals surface area contributed by atoms with Crippen LogP contribution in [0.15, 0.2) is 30.3 Å². The van der Waals surface area contributed by atoms with E-state index in [4.69, 9.17) is 0 Å². The Morgan fingerprint density at radius 1 is 0.778 bits per heavy atom. The highest BCUT2D eigenvalue weighted by atomic mass is 32.2. The highest BCUT2D eigenvalue weighted by molar-refractivity contribution is 7.99. The van der Waals surface area contributed by atoms with Crippen LogP contribution in [0.25, 0.3) is 0 Å². The molecule has 1 rings (SSSR count). The second-order valence-corrected chi connectivity index (χ2v) is 6.19. The molecule has 0 aliphatic carbocycles. The van der Waals surface area contributed by atoms with Crippen molar-refractivity contribution in [3.05, 3.63) is 35.9 Å². The summed E-state index contributed by atoms with van der Waals surface area (Å²) in [5, 5.41) is 0. The SMILES string of the molecule is CCCCCCCCCSCCc1ccccc1. The van der Waals surface area contributed by atoms with Gasteiger partial charge in [-0.15, -0.1) is 0 Å². The van der Waals surface area contributed by atoms with Crippen molar-refractivity contribution in [1.82, 2.24) is 0 Å². The molecule has 0 aromatic heterocycles. The third kappa shape index (κ3) is 8.63. The Morgan fingerprint density at radius 2 is 1.44 bits per heavy atom. The van der Waals surface area contributed by atoms with E-state index in [-0.39, 0.29) is 0 Å². The van der Waals surface area contributed by atoms with Crippen LogP contribution in [0.2, 0.25) is 0 Å². The molecule has 18 heavy (non-hydrogen) atoms. The third-order valence-electron chi connectivity index (χ3n) is 3.27. The minimum Gasteiger partial charge on any atom is -0.162 e. The fourth-order valence-corrected chi connectivity index (χ4v) is 3.09. The Bertz CT molecular complexity index is 268. The average Bonchev–Trinajstić information content (AvgIpc) is 2.42. The lowest BCUT2D eigenvalue weighted by atomic mass is 10.1. The Kier molecular flexibility index (Phi) is 10.1. The van der Waals surface area contributed by atoms with Crippen LogP contribution in [-0.2, 0) is 6.42 Å². The quantitative estimate of drug-likeness (QED) is 0.461. The molecule has 1 heteroatoms. The van der Waals surface area contributed by atoms with Gasteiger partial charge in [0.2, 0.25) is 0 Å². The number of unbranched alkanes of at least 4 members (excludes halogenated alkanes) is 6. The van der Waals surface area contributed by atoms with E-state index in [1.54, 1.807) is 0 Å². The summed E-state index contributed by atoms with van der Waals surface area (Å²) < 4.78 is 0. The predicted octanol–water partition coefficient (Wildman–Crippen LogP) is 5.71. The van der Waals surface area contributed by atoms with Gasteiger partial charge in [0, 0.05) is 0 Å². The smallest absolute Gasteiger partial charge is 0.00270 e. The van der Waals surface area contributed by atoms with Crippen molar-refractivity contribution < 1.29 is 0 Å². The molecule has 0 unspecified atom stereocenters. The summed E-state index contributed by atoms with van der Waals surface area (Å²) in [5.41, 5.74) is 1.48. The standard InChI is InChI=1S/C17H28S/c1-2-3-4-5-6-7-11-15-18-16-14-17-12-9-8-10-13-17/h8-10,12-13H,2-7,11,14-16H2,1H3. The van der Waals surface area contributed by atoms with Gasteiger partial charge in [-0.1, -0.05) is 75.8 Å². The van der Waals surface area contributed by atoms with Crippen LogP contribution in [0.5, 0.6) is 0 Å². The molecule has 0 nitrogen and oxygen atoms in total.